The van der Waals surface area contributed by atoms with Crippen molar-refractivity contribution in [1.29, 1.82) is 0 Å². The maximum atomic E-state index is 12.7. The lowest BCUT2D eigenvalue weighted by Gasteiger charge is -2.18. The van der Waals surface area contributed by atoms with Gasteiger partial charge in [-0.3, -0.25) is 9.59 Å². The van der Waals surface area contributed by atoms with Crippen molar-refractivity contribution in [3.63, 3.8) is 0 Å². The zero-order valence-corrected chi connectivity index (χ0v) is 18.0. The van der Waals surface area contributed by atoms with Gasteiger partial charge in [0.05, 0.1) is 35.9 Å². The first kappa shape index (κ1) is 23.1. The summed E-state index contributed by atoms with van der Waals surface area (Å²) >= 11 is 6.44. The number of fused-ring (bicyclic) bond motifs is 1. The number of pyridine rings is 1. The van der Waals surface area contributed by atoms with Crippen LogP contribution in [0.5, 0.6) is 0 Å². The van der Waals surface area contributed by atoms with Crippen molar-refractivity contribution in [3.8, 4) is 0 Å². The van der Waals surface area contributed by atoms with Crippen molar-refractivity contribution in [3.05, 3.63) is 39.1 Å². The Morgan fingerprint density at radius 1 is 1.26 bits per heavy atom. The van der Waals surface area contributed by atoms with Crippen LogP contribution in [-0.2, 0) is 9.53 Å². The maximum absolute atomic E-state index is 12.7. The van der Waals surface area contributed by atoms with Gasteiger partial charge >= 0.3 is 11.9 Å². The Labute approximate surface area is 184 Å². The third kappa shape index (κ3) is 5.96. The number of carboxylic acid groups (broad SMARTS) is 2. The van der Waals surface area contributed by atoms with E-state index in [1.54, 1.807) is 12.1 Å². The average molecular weight is 452 g/mol. The molecule has 0 bridgehead atoms. The molecule has 0 radical (unpaired) electrons. The van der Waals surface area contributed by atoms with Crippen LogP contribution in [-0.4, -0.2) is 71.5 Å². The van der Waals surface area contributed by atoms with Gasteiger partial charge < -0.3 is 29.7 Å². The molecule has 0 amide bonds. The fourth-order valence-electron chi connectivity index (χ4n) is 3.29. The Morgan fingerprint density at radius 3 is 2.65 bits per heavy atom. The number of carbonyl (C=O) groups is 2. The minimum Gasteiger partial charge on any atom is -0.481 e. The van der Waals surface area contributed by atoms with E-state index >= 15 is 0 Å². The Hall–Kier alpha value is -2.62. The Morgan fingerprint density at radius 2 is 2.00 bits per heavy atom. The van der Waals surface area contributed by atoms with Crippen LogP contribution >= 0.6 is 11.6 Å². The predicted molar refractivity (Wildman–Crippen MR) is 118 cm³/mol. The van der Waals surface area contributed by atoms with E-state index in [-0.39, 0.29) is 24.6 Å². The summed E-state index contributed by atoms with van der Waals surface area (Å²) in [4.78, 5) is 36.7. The summed E-state index contributed by atoms with van der Waals surface area (Å²) in [5.74, 6) is -2.12. The number of carboxylic acids is 2. The van der Waals surface area contributed by atoms with Crippen molar-refractivity contribution in [2.24, 2.45) is 0 Å². The molecule has 1 fully saturated rings. The summed E-state index contributed by atoms with van der Waals surface area (Å²) in [7, 11) is 1.91. The first-order valence-electron chi connectivity index (χ1n) is 10.1. The van der Waals surface area contributed by atoms with Crippen molar-refractivity contribution >= 4 is 40.1 Å². The quantitative estimate of drug-likeness (QED) is 0.421. The van der Waals surface area contributed by atoms with Gasteiger partial charge in [0.15, 0.2) is 0 Å². The summed E-state index contributed by atoms with van der Waals surface area (Å²) in [5, 5.41) is 22.0. The molecule has 31 heavy (non-hydrogen) atoms. The first-order chi connectivity index (χ1) is 14.8. The lowest BCUT2D eigenvalue weighted by Crippen LogP contribution is -2.28. The van der Waals surface area contributed by atoms with Gasteiger partial charge in [0.25, 0.3) is 0 Å². The van der Waals surface area contributed by atoms with Gasteiger partial charge in [0.2, 0.25) is 5.43 Å². The van der Waals surface area contributed by atoms with Crippen molar-refractivity contribution in [1.82, 2.24) is 9.47 Å². The zero-order valence-electron chi connectivity index (χ0n) is 17.3. The zero-order chi connectivity index (χ0) is 22.5. The molecule has 0 aliphatic heterocycles. The van der Waals surface area contributed by atoms with Crippen molar-refractivity contribution < 1.29 is 24.5 Å². The summed E-state index contributed by atoms with van der Waals surface area (Å²) < 4.78 is 7.12. The molecule has 0 saturated heterocycles. The van der Waals surface area contributed by atoms with Crippen LogP contribution in [0.25, 0.3) is 10.9 Å². The van der Waals surface area contributed by atoms with Crippen LogP contribution in [0, 0.1) is 0 Å². The minimum atomic E-state index is -1.24. The Bertz CT molecular complexity index is 1030. The number of halogens is 1. The van der Waals surface area contributed by atoms with Gasteiger partial charge in [0, 0.05) is 37.3 Å². The molecule has 9 nitrogen and oxygen atoms in total. The molecule has 2 aromatic rings. The van der Waals surface area contributed by atoms with Crippen LogP contribution < -0.4 is 10.7 Å². The van der Waals surface area contributed by atoms with E-state index in [1.807, 2.05) is 16.5 Å². The van der Waals surface area contributed by atoms with Gasteiger partial charge in [0.1, 0.15) is 5.56 Å². The molecule has 1 saturated carbocycles. The molecular weight excluding hydrogens is 426 g/mol. The van der Waals surface area contributed by atoms with E-state index in [2.05, 4.69) is 5.32 Å². The van der Waals surface area contributed by atoms with E-state index in [0.717, 1.165) is 12.8 Å². The molecule has 3 N–H and O–H groups in total. The SMILES string of the molecule is CN(CCNc1cc2c(=O)c(C(=O)O)cn(C3CC3)c2cc1Cl)CCOCCC(=O)O. The first-order valence-corrected chi connectivity index (χ1v) is 10.5. The Kier molecular flexibility index (Phi) is 7.53. The highest BCUT2D eigenvalue weighted by atomic mass is 35.5. The van der Waals surface area contributed by atoms with Crippen LogP contribution in [0.1, 0.15) is 35.7 Å². The van der Waals surface area contributed by atoms with Gasteiger partial charge in [-0.05, 0) is 32.0 Å². The fourth-order valence-corrected chi connectivity index (χ4v) is 3.51. The largest absolute Gasteiger partial charge is 0.481 e. The molecule has 10 heteroatoms. The molecular formula is C21H26ClN3O6. The van der Waals surface area contributed by atoms with Crippen LogP contribution in [0.2, 0.25) is 5.02 Å². The van der Waals surface area contributed by atoms with E-state index in [0.29, 0.717) is 47.9 Å². The smallest absolute Gasteiger partial charge is 0.341 e. The van der Waals surface area contributed by atoms with Crippen molar-refractivity contribution in [2.45, 2.75) is 25.3 Å². The number of ether oxygens (including phenoxy) is 1. The maximum Gasteiger partial charge on any atom is 0.341 e. The number of likely N-dealkylation sites (N-methyl/N-ethyl adjacent to an activating group) is 1. The summed E-state index contributed by atoms with van der Waals surface area (Å²) in [6.45, 7) is 2.47. The highest BCUT2D eigenvalue weighted by molar-refractivity contribution is 6.34. The second-order valence-electron chi connectivity index (χ2n) is 7.65. The topological polar surface area (TPSA) is 121 Å². The third-order valence-electron chi connectivity index (χ3n) is 5.18. The average Bonchev–Trinajstić information content (AvgIpc) is 3.53. The fraction of sp³-hybridized carbons (Fsp3) is 0.476. The highest BCUT2D eigenvalue weighted by Gasteiger charge is 2.27. The molecule has 1 aromatic carbocycles. The minimum absolute atomic E-state index is 0.0161. The van der Waals surface area contributed by atoms with Crippen LogP contribution in [0.3, 0.4) is 0 Å². The molecule has 0 atom stereocenters. The number of rotatable bonds is 12. The van der Waals surface area contributed by atoms with E-state index in [9.17, 15) is 19.5 Å². The van der Waals surface area contributed by atoms with E-state index in [4.69, 9.17) is 21.4 Å². The van der Waals surface area contributed by atoms with Crippen LogP contribution in [0.15, 0.2) is 23.1 Å². The normalized spacial score (nSPS) is 13.6. The number of benzene rings is 1. The second kappa shape index (κ2) is 10.1. The van der Waals surface area contributed by atoms with Gasteiger partial charge in [-0.2, -0.15) is 0 Å². The molecule has 1 aliphatic rings. The number of nitrogens with zero attached hydrogens (tertiary/aromatic N) is 2. The summed E-state index contributed by atoms with van der Waals surface area (Å²) in [6.07, 6.45) is 3.29. The standard InChI is InChI=1S/C21H26ClN3O6/c1-24(7-9-31-8-4-19(26)27)6-5-23-17-10-14-18(11-16(17)22)25(13-2-3-13)12-15(20(14)28)21(29)30/h10-13,23H,2-9H2,1H3,(H,26,27)(H,29,30). The molecule has 0 unspecified atom stereocenters. The lowest BCUT2D eigenvalue weighted by molar-refractivity contribution is -0.138. The van der Waals surface area contributed by atoms with E-state index < -0.39 is 17.4 Å². The highest BCUT2D eigenvalue weighted by Crippen LogP contribution is 2.38. The van der Waals surface area contributed by atoms with Gasteiger partial charge in [-0.15, -0.1) is 0 Å². The third-order valence-corrected chi connectivity index (χ3v) is 5.49. The number of anilines is 1. The predicted octanol–water partition coefficient (Wildman–Crippen LogP) is 2.52. The van der Waals surface area contributed by atoms with Gasteiger partial charge in [-0.1, -0.05) is 11.6 Å². The summed E-state index contributed by atoms with van der Waals surface area (Å²) in [5.41, 5.74) is 0.455. The molecule has 1 aromatic heterocycles. The molecule has 168 valence electrons. The lowest BCUT2D eigenvalue weighted by atomic mass is 10.1. The number of aromatic nitrogens is 1. The number of hydrogen-bond donors (Lipinski definition) is 3. The molecule has 1 heterocycles. The number of aromatic carboxylic acids is 1. The Balaban J connectivity index is 1.65. The summed E-state index contributed by atoms with van der Waals surface area (Å²) in [6, 6.07) is 3.53. The molecule has 3 rings (SSSR count). The van der Waals surface area contributed by atoms with Crippen molar-refractivity contribution in [2.75, 3.05) is 45.2 Å². The molecule has 0 spiro atoms. The number of nitrogens with one attached hydrogen (secondary N) is 1. The van der Waals surface area contributed by atoms with Gasteiger partial charge in [-0.25, -0.2) is 4.79 Å². The second-order valence-corrected chi connectivity index (χ2v) is 8.06. The molecule has 1 aliphatic carbocycles. The van der Waals surface area contributed by atoms with E-state index in [1.165, 1.54) is 6.20 Å². The van der Waals surface area contributed by atoms with Crippen LogP contribution in [0.4, 0.5) is 5.69 Å². The monoisotopic (exact) mass is 451 g/mol. The number of hydrogen-bond acceptors (Lipinski definition) is 6. The number of aliphatic carboxylic acids is 1.